The van der Waals surface area contributed by atoms with Gasteiger partial charge in [-0.2, -0.15) is 0 Å². The average molecular weight is 319 g/mol. The third-order valence-electron chi connectivity index (χ3n) is 2.98. The first-order valence-electron chi connectivity index (χ1n) is 5.91. The van der Waals surface area contributed by atoms with Crippen molar-refractivity contribution in [3.8, 4) is 0 Å². The fourth-order valence-electron chi connectivity index (χ4n) is 1.80. The summed E-state index contributed by atoms with van der Waals surface area (Å²) in [5.41, 5.74) is 9.67. The number of benzene rings is 2. The number of aryl methyl sites for hydroxylation is 2. The van der Waals surface area contributed by atoms with Crippen molar-refractivity contribution in [2.45, 2.75) is 13.8 Å². The number of anilines is 2. The van der Waals surface area contributed by atoms with E-state index in [0.29, 0.717) is 11.3 Å². The summed E-state index contributed by atoms with van der Waals surface area (Å²) in [5, 5.41) is 2.85. The first-order valence-corrected chi connectivity index (χ1v) is 6.71. The van der Waals surface area contributed by atoms with E-state index in [9.17, 15) is 4.79 Å². The molecule has 2 aromatic carbocycles. The maximum atomic E-state index is 12.2. The predicted molar refractivity (Wildman–Crippen MR) is 82.4 cm³/mol. The Labute approximate surface area is 121 Å². The zero-order valence-electron chi connectivity index (χ0n) is 10.8. The molecule has 0 aliphatic heterocycles. The lowest BCUT2D eigenvalue weighted by atomic mass is 10.1. The van der Waals surface area contributed by atoms with Crippen LogP contribution in [0.25, 0.3) is 0 Å². The van der Waals surface area contributed by atoms with Gasteiger partial charge in [0.15, 0.2) is 0 Å². The Hall–Kier alpha value is -1.81. The SMILES string of the molecule is Cc1cc(NC(=O)c2cccc(C)c2N)ccc1Br. The molecule has 3 nitrogen and oxygen atoms in total. The summed E-state index contributed by atoms with van der Waals surface area (Å²) >= 11 is 3.43. The highest BCUT2D eigenvalue weighted by Gasteiger charge is 2.11. The van der Waals surface area contributed by atoms with Crippen molar-refractivity contribution in [3.05, 3.63) is 57.6 Å². The molecule has 0 unspecified atom stereocenters. The molecule has 0 aromatic heterocycles. The lowest BCUT2D eigenvalue weighted by Gasteiger charge is -2.10. The Morgan fingerprint density at radius 1 is 1.16 bits per heavy atom. The van der Waals surface area contributed by atoms with Crippen LogP contribution in [0.3, 0.4) is 0 Å². The number of nitrogens with one attached hydrogen (secondary N) is 1. The molecule has 0 heterocycles. The van der Waals surface area contributed by atoms with Crippen LogP contribution in [0.2, 0.25) is 0 Å². The fraction of sp³-hybridized carbons (Fsp3) is 0.133. The largest absolute Gasteiger partial charge is 0.398 e. The molecule has 0 aliphatic rings. The molecular weight excluding hydrogens is 304 g/mol. The molecule has 4 heteroatoms. The van der Waals surface area contributed by atoms with E-state index in [1.165, 1.54) is 0 Å². The van der Waals surface area contributed by atoms with E-state index in [2.05, 4.69) is 21.2 Å². The van der Waals surface area contributed by atoms with Crippen molar-refractivity contribution in [1.82, 2.24) is 0 Å². The monoisotopic (exact) mass is 318 g/mol. The fourth-order valence-corrected chi connectivity index (χ4v) is 2.05. The second kappa shape index (κ2) is 5.45. The molecule has 0 aliphatic carbocycles. The molecule has 2 rings (SSSR count). The Morgan fingerprint density at radius 3 is 2.58 bits per heavy atom. The van der Waals surface area contributed by atoms with E-state index in [1.54, 1.807) is 6.07 Å². The van der Waals surface area contributed by atoms with Gasteiger partial charge in [-0.15, -0.1) is 0 Å². The van der Waals surface area contributed by atoms with Crippen LogP contribution in [-0.2, 0) is 0 Å². The number of hydrogen-bond acceptors (Lipinski definition) is 2. The van der Waals surface area contributed by atoms with Crippen molar-refractivity contribution in [2.24, 2.45) is 0 Å². The van der Waals surface area contributed by atoms with Gasteiger partial charge in [0, 0.05) is 15.8 Å². The zero-order valence-corrected chi connectivity index (χ0v) is 12.4. The highest BCUT2D eigenvalue weighted by Crippen LogP contribution is 2.22. The van der Waals surface area contributed by atoms with E-state index in [1.807, 2.05) is 44.2 Å². The molecule has 1 amide bonds. The number of halogens is 1. The van der Waals surface area contributed by atoms with Crippen molar-refractivity contribution < 1.29 is 4.79 Å². The molecule has 0 radical (unpaired) electrons. The lowest BCUT2D eigenvalue weighted by molar-refractivity contribution is 0.102. The van der Waals surface area contributed by atoms with Gasteiger partial charge in [-0.05, 0) is 49.2 Å². The number of nitrogen functional groups attached to an aromatic ring is 1. The smallest absolute Gasteiger partial charge is 0.257 e. The molecule has 0 spiro atoms. The zero-order chi connectivity index (χ0) is 14.0. The molecule has 2 aromatic rings. The van der Waals surface area contributed by atoms with Gasteiger partial charge in [0.1, 0.15) is 0 Å². The van der Waals surface area contributed by atoms with Crippen LogP contribution in [0.1, 0.15) is 21.5 Å². The van der Waals surface area contributed by atoms with Gasteiger partial charge in [0.05, 0.1) is 5.56 Å². The summed E-state index contributed by atoms with van der Waals surface area (Å²) in [6, 6.07) is 11.1. The quantitative estimate of drug-likeness (QED) is 0.825. The van der Waals surface area contributed by atoms with Crippen LogP contribution in [0, 0.1) is 13.8 Å². The second-order valence-electron chi connectivity index (χ2n) is 4.45. The molecule has 98 valence electrons. The van der Waals surface area contributed by atoms with E-state index < -0.39 is 0 Å². The Balaban J connectivity index is 2.26. The summed E-state index contributed by atoms with van der Waals surface area (Å²) in [5.74, 6) is -0.192. The number of rotatable bonds is 2. The minimum atomic E-state index is -0.192. The first kappa shape index (κ1) is 13.6. The van der Waals surface area contributed by atoms with Crippen molar-refractivity contribution >= 4 is 33.2 Å². The molecule has 3 N–H and O–H groups in total. The summed E-state index contributed by atoms with van der Waals surface area (Å²) in [7, 11) is 0. The second-order valence-corrected chi connectivity index (χ2v) is 5.31. The topological polar surface area (TPSA) is 55.1 Å². The molecule has 0 saturated heterocycles. The van der Waals surface area contributed by atoms with Crippen molar-refractivity contribution in [3.63, 3.8) is 0 Å². The molecule has 19 heavy (non-hydrogen) atoms. The minimum Gasteiger partial charge on any atom is -0.398 e. The Bertz CT molecular complexity index is 638. The van der Waals surface area contributed by atoms with Gasteiger partial charge < -0.3 is 11.1 Å². The third-order valence-corrected chi connectivity index (χ3v) is 3.87. The molecular formula is C15H15BrN2O. The maximum absolute atomic E-state index is 12.2. The van der Waals surface area contributed by atoms with E-state index >= 15 is 0 Å². The van der Waals surface area contributed by atoms with Crippen molar-refractivity contribution in [1.29, 1.82) is 0 Å². The Kier molecular flexibility index (Phi) is 3.90. The van der Waals surface area contributed by atoms with Gasteiger partial charge in [-0.25, -0.2) is 0 Å². The van der Waals surface area contributed by atoms with E-state index in [0.717, 1.165) is 21.3 Å². The number of carbonyl (C=O) groups excluding carboxylic acids is 1. The van der Waals surface area contributed by atoms with Gasteiger partial charge in [-0.3, -0.25) is 4.79 Å². The number of hydrogen-bond donors (Lipinski definition) is 2. The third kappa shape index (κ3) is 2.96. The number of para-hydroxylation sites is 1. The van der Waals surface area contributed by atoms with Gasteiger partial charge in [-0.1, -0.05) is 28.1 Å². The summed E-state index contributed by atoms with van der Waals surface area (Å²) in [6.45, 7) is 3.86. The molecule has 0 atom stereocenters. The van der Waals surface area contributed by atoms with Crippen molar-refractivity contribution in [2.75, 3.05) is 11.1 Å². The minimum absolute atomic E-state index is 0.192. The van der Waals surface area contributed by atoms with Crippen LogP contribution >= 0.6 is 15.9 Å². The number of amides is 1. The Morgan fingerprint density at radius 2 is 1.89 bits per heavy atom. The van der Waals surface area contributed by atoms with Crippen LogP contribution < -0.4 is 11.1 Å². The standard InChI is InChI=1S/C15H15BrN2O/c1-9-4-3-5-12(14(9)17)15(19)18-11-6-7-13(16)10(2)8-11/h3-8H,17H2,1-2H3,(H,18,19). The van der Waals surface area contributed by atoms with E-state index in [4.69, 9.17) is 5.73 Å². The normalized spacial score (nSPS) is 10.3. The predicted octanol–water partition coefficient (Wildman–Crippen LogP) is 3.90. The van der Waals surface area contributed by atoms with Gasteiger partial charge in [0.25, 0.3) is 5.91 Å². The average Bonchev–Trinajstić information content (AvgIpc) is 2.37. The van der Waals surface area contributed by atoms with Gasteiger partial charge in [0.2, 0.25) is 0 Å². The van der Waals surface area contributed by atoms with Crippen LogP contribution in [0.15, 0.2) is 40.9 Å². The molecule has 0 bridgehead atoms. The highest BCUT2D eigenvalue weighted by molar-refractivity contribution is 9.10. The summed E-state index contributed by atoms with van der Waals surface area (Å²) < 4.78 is 1.01. The maximum Gasteiger partial charge on any atom is 0.257 e. The molecule has 0 fully saturated rings. The van der Waals surface area contributed by atoms with Crippen LogP contribution in [0.5, 0.6) is 0 Å². The molecule has 0 saturated carbocycles. The summed E-state index contributed by atoms with van der Waals surface area (Å²) in [6.07, 6.45) is 0. The number of carbonyl (C=O) groups is 1. The van der Waals surface area contributed by atoms with Crippen LogP contribution in [-0.4, -0.2) is 5.91 Å². The first-order chi connectivity index (χ1) is 8.99. The van der Waals surface area contributed by atoms with Crippen LogP contribution in [0.4, 0.5) is 11.4 Å². The summed E-state index contributed by atoms with van der Waals surface area (Å²) in [4.78, 5) is 12.2. The highest BCUT2D eigenvalue weighted by atomic mass is 79.9. The van der Waals surface area contributed by atoms with E-state index in [-0.39, 0.29) is 5.91 Å². The van der Waals surface area contributed by atoms with Gasteiger partial charge >= 0.3 is 0 Å². The lowest BCUT2D eigenvalue weighted by Crippen LogP contribution is -2.14. The number of nitrogens with two attached hydrogens (primary N) is 1.